The van der Waals surface area contributed by atoms with Gasteiger partial charge in [0, 0.05) is 20.3 Å². The predicted molar refractivity (Wildman–Crippen MR) is 83.4 cm³/mol. The van der Waals surface area contributed by atoms with Crippen molar-refractivity contribution in [1.82, 2.24) is 5.43 Å². The number of benzene rings is 1. The third kappa shape index (κ3) is 3.57. The van der Waals surface area contributed by atoms with Gasteiger partial charge in [-0.05, 0) is 34.5 Å². The molecule has 1 unspecified atom stereocenters. The lowest BCUT2D eigenvalue weighted by Gasteiger charge is -2.18. The summed E-state index contributed by atoms with van der Waals surface area (Å²) in [6, 6.07) is 10.0. The Hall–Kier alpha value is -0.880. The van der Waals surface area contributed by atoms with Gasteiger partial charge in [0.1, 0.15) is 5.75 Å². The number of rotatable bonds is 6. The molecule has 0 fully saturated rings. The summed E-state index contributed by atoms with van der Waals surface area (Å²) in [4.78, 5) is 1.15. The van der Waals surface area contributed by atoms with E-state index in [2.05, 4.69) is 39.7 Å². The number of ether oxygens (including phenoxy) is 1. The first kappa shape index (κ1) is 14.5. The second-order valence-corrected chi connectivity index (χ2v) is 6.01. The Bertz CT molecular complexity index is 530. The molecule has 2 rings (SSSR count). The molecule has 0 spiro atoms. The van der Waals surface area contributed by atoms with Crippen LogP contribution in [0.2, 0.25) is 0 Å². The minimum Gasteiger partial charge on any atom is -0.493 e. The lowest BCUT2D eigenvalue weighted by atomic mass is 10.0. The number of halogens is 1. The van der Waals surface area contributed by atoms with Gasteiger partial charge in [-0.15, -0.1) is 11.3 Å². The zero-order valence-corrected chi connectivity index (χ0v) is 13.1. The van der Waals surface area contributed by atoms with Gasteiger partial charge in [-0.3, -0.25) is 5.84 Å². The summed E-state index contributed by atoms with van der Waals surface area (Å²) in [5.41, 5.74) is 3.94. The average Bonchev–Trinajstić information content (AvgIpc) is 2.85. The molecule has 0 amide bonds. The molecule has 0 saturated carbocycles. The summed E-state index contributed by atoms with van der Waals surface area (Å²) < 4.78 is 6.86. The normalized spacial score (nSPS) is 12.4. The Labute approximate surface area is 125 Å². The Morgan fingerprint density at radius 1 is 1.42 bits per heavy atom. The Morgan fingerprint density at radius 2 is 2.21 bits per heavy atom. The molecule has 5 heteroatoms. The second kappa shape index (κ2) is 7.05. The molecule has 1 aromatic heterocycles. The van der Waals surface area contributed by atoms with Crippen molar-refractivity contribution in [3.05, 3.63) is 50.6 Å². The maximum atomic E-state index is 5.79. The minimum absolute atomic E-state index is 0.0515. The van der Waals surface area contributed by atoms with Crippen LogP contribution in [-0.2, 0) is 0 Å². The van der Waals surface area contributed by atoms with Gasteiger partial charge in [-0.2, -0.15) is 0 Å². The van der Waals surface area contributed by atoms with Crippen LogP contribution in [0.25, 0.3) is 0 Å². The number of nitrogens with one attached hydrogen (secondary N) is 1. The van der Waals surface area contributed by atoms with Crippen LogP contribution >= 0.6 is 27.3 Å². The zero-order valence-electron chi connectivity index (χ0n) is 10.7. The van der Waals surface area contributed by atoms with E-state index < -0.39 is 0 Å². The fourth-order valence-electron chi connectivity index (χ4n) is 1.87. The smallest absolute Gasteiger partial charge is 0.124 e. The van der Waals surface area contributed by atoms with Gasteiger partial charge in [-0.1, -0.05) is 25.1 Å². The molecule has 3 nitrogen and oxygen atoms in total. The van der Waals surface area contributed by atoms with Gasteiger partial charge in [0.25, 0.3) is 0 Å². The first-order valence-electron chi connectivity index (χ1n) is 6.18. The van der Waals surface area contributed by atoms with Gasteiger partial charge >= 0.3 is 0 Å². The van der Waals surface area contributed by atoms with Gasteiger partial charge in [0.2, 0.25) is 0 Å². The summed E-state index contributed by atoms with van der Waals surface area (Å²) in [5.74, 6) is 6.62. The highest BCUT2D eigenvalue weighted by Crippen LogP contribution is 2.34. The van der Waals surface area contributed by atoms with Crippen LogP contribution in [0.1, 0.15) is 29.8 Å². The van der Waals surface area contributed by atoms with Gasteiger partial charge in [0.15, 0.2) is 0 Å². The maximum Gasteiger partial charge on any atom is 0.124 e. The first-order chi connectivity index (χ1) is 9.26. The Balaban J connectivity index is 2.32. The molecule has 1 aromatic carbocycles. The summed E-state index contributed by atoms with van der Waals surface area (Å²) in [7, 11) is 0. The summed E-state index contributed by atoms with van der Waals surface area (Å²) in [6.45, 7) is 2.81. The van der Waals surface area contributed by atoms with Crippen LogP contribution in [0.15, 0.2) is 40.2 Å². The lowest BCUT2D eigenvalue weighted by Crippen LogP contribution is -2.28. The van der Waals surface area contributed by atoms with Crippen molar-refractivity contribution >= 4 is 27.3 Å². The van der Waals surface area contributed by atoms with Crippen molar-refractivity contribution < 1.29 is 4.74 Å². The topological polar surface area (TPSA) is 47.3 Å². The first-order valence-corrected chi connectivity index (χ1v) is 7.85. The number of hydrogen-bond acceptors (Lipinski definition) is 4. The van der Waals surface area contributed by atoms with Crippen molar-refractivity contribution in [3.63, 3.8) is 0 Å². The molecule has 1 heterocycles. The van der Waals surface area contributed by atoms with E-state index in [0.29, 0.717) is 6.61 Å². The highest BCUT2D eigenvalue weighted by Gasteiger charge is 2.18. The fraction of sp³-hybridized carbons (Fsp3) is 0.286. The predicted octanol–water partition coefficient (Wildman–Crippen LogP) is 3.85. The number of para-hydroxylation sites is 1. The van der Waals surface area contributed by atoms with E-state index >= 15 is 0 Å². The van der Waals surface area contributed by atoms with E-state index in [9.17, 15) is 0 Å². The van der Waals surface area contributed by atoms with Crippen molar-refractivity contribution in [3.8, 4) is 5.75 Å². The molecule has 0 aliphatic carbocycles. The van der Waals surface area contributed by atoms with E-state index in [1.54, 1.807) is 11.3 Å². The molecule has 0 saturated heterocycles. The van der Waals surface area contributed by atoms with Crippen LogP contribution in [0, 0.1) is 0 Å². The highest BCUT2D eigenvalue weighted by molar-refractivity contribution is 9.10. The molecule has 0 radical (unpaired) electrons. The van der Waals surface area contributed by atoms with Gasteiger partial charge in [0.05, 0.1) is 12.6 Å². The van der Waals surface area contributed by atoms with Gasteiger partial charge < -0.3 is 4.74 Å². The van der Waals surface area contributed by atoms with Crippen LogP contribution in [0.5, 0.6) is 5.75 Å². The lowest BCUT2D eigenvalue weighted by molar-refractivity contribution is 0.312. The molecule has 0 aliphatic rings. The Morgan fingerprint density at radius 3 is 2.84 bits per heavy atom. The molecule has 3 N–H and O–H groups in total. The van der Waals surface area contributed by atoms with Crippen LogP contribution in [0.3, 0.4) is 0 Å². The second-order valence-electron chi connectivity index (χ2n) is 4.15. The molecular weight excluding hydrogens is 324 g/mol. The monoisotopic (exact) mass is 340 g/mol. The van der Waals surface area contributed by atoms with E-state index in [-0.39, 0.29) is 6.04 Å². The summed E-state index contributed by atoms with van der Waals surface area (Å²) >= 11 is 5.14. The van der Waals surface area contributed by atoms with Crippen molar-refractivity contribution in [2.45, 2.75) is 19.4 Å². The quantitative estimate of drug-likeness (QED) is 0.620. The molecule has 19 heavy (non-hydrogen) atoms. The standard InChI is InChI=1S/C14H17BrN2OS/c1-2-7-18-12-6-4-3-5-11(12)14(17-16)13-8-10(15)9-19-13/h3-6,8-9,14,17H,2,7,16H2,1H3. The highest BCUT2D eigenvalue weighted by atomic mass is 79.9. The zero-order chi connectivity index (χ0) is 13.7. The third-order valence-corrected chi connectivity index (χ3v) is 4.49. The van der Waals surface area contributed by atoms with Crippen LogP contribution < -0.4 is 16.0 Å². The third-order valence-electron chi connectivity index (χ3n) is 2.73. The van der Waals surface area contributed by atoms with E-state index in [1.165, 1.54) is 0 Å². The van der Waals surface area contributed by atoms with Crippen molar-refractivity contribution in [2.75, 3.05) is 6.61 Å². The minimum atomic E-state index is -0.0515. The molecule has 1 atom stereocenters. The number of nitrogens with two attached hydrogens (primary N) is 1. The molecule has 102 valence electrons. The van der Waals surface area contributed by atoms with Crippen molar-refractivity contribution in [1.29, 1.82) is 0 Å². The van der Waals surface area contributed by atoms with Crippen molar-refractivity contribution in [2.24, 2.45) is 5.84 Å². The number of hydrogen-bond donors (Lipinski definition) is 2. The molecule has 0 aliphatic heterocycles. The Kier molecular flexibility index (Phi) is 5.39. The summed E-state index contributed by atoms with van der Waals surface area (Å²) in [5, 5.41) is 2.05. The van der Waals surface area contributed by atoms with Crippen LogP contribution in [0.4, 0.5) is 0 Å². The molecule has 2 aromatic rings. The van der Waals surface area contributed by atoms with Gasteiger partial charge in [-0.25, -0.2) is 5.43 Å². The number of hydrazine groups is 1. The average molecular weight is 341 g/mol. The summed E-state index contributed by atoms with van der Waals surface area (Å²) in [6.07, 6.45) is 0.986. The van der Waals surface area contributed by atoms with E-state index in [0.717, 1.165) is 27.1 Å². The van der Waals surface area contributed by atoms with E-state index in [1.807, 2.05) is 24.3 Å². The SMILES string of the molecule is CCCOc1ccccc1C(NN)c1cc(Br)cs1. The fourth-order valence-corrected chi connectivity index (χ4v) is 3.39. The van der Waals surface area contributed by atoms with Crippen LogP contribution in [-0.4, -0.2) is 6.61 Å². The largest absolute Gasteiger partial charge is 0.493 e. The van der Waals surface area contributed by atoms with E-state index in [4.69, 9.17) is 10.6 Å². The number of thiophene rings is 1. The maximum absolute atomic E-state index is 5.79. The molecular formula is C14H17BrN2OS. The molecule has 0 bridgehead atoms.